The van der Waals surface area contributed by atoms with Gasteiger partial charge < -0.3 is 14.8 Å². The van der Waals surface area contributed by atoms with Crippen molar-refractivity contribution in [1.29, 1.82) is 0 Å². The summed E-state index contributed by atoms with van der Waals surface area (Å²) in [6.45, 7) is 0.408. The maximum Gasteiger partial charge on any atom is 0.326 e. The Balaban J connectivity index is 1.74. The molecule has 0 atom stereocenters. The van der Waals surface area contributed by atoms with Gasteiger partial charge in [0.2, 0.25) is 0 Å². The highest BCUT2D eigenvalue weighted by Gasteiger charge is 2.09. The predicted molar refractivity (Wildman–Crippen MR) is 89.1 cm³/mol. The predicted octanol–water partition coefficient (Wildman–Crippen LogP) is 3.42. The van der Waals surface area contributed by atoms with Gasteiger partial charge in [0, 0.05) is 18.1 Å². The summed E-state index contributed by atoms with van der Waals surface area (Å²) in [5.74, 6) is 1.31. The molecule has 0 fully saturated rings. The lowest BCUT2D eigenvalue weighted by atomic mass is 10.2. The number of para-hydroxylation sites is 1. The van der Waals surface area contributed by atoms with Crippen molar-refractivity contribution in [1.82, 2.24) is 9.88 Å². The van der Waals surface area contributed by atoms with Crippen LogP contribution >= 0.6 is 0 Å². The number of carbonyl (C=O) groups is 1. The maximum absolute atomic E-state index is 12.4. The van der Waals surface area contributed by atoms with Gasteiger partial charge in [-0.05, 0) is 29.8 Å². The van der Waals surface area contributed by atoms with Crippen LogP contribution in [0.4, 0.5) is 4.79 Å². The quantitative estimate of drug-likeness (QED) is 0.803. The molecule has 1 aromatic heterocycles. The second-order valence-corrected chi connectivity index (χ2v) is 5.09. The number of benzene rings is 2. The highest BCUT2D eigenvalue weighted by molar-refractivity contribution is 5.91. The number of amides is 1. The van der Waals surface area contributed by atoms with Gasteiger partial charge in [-0.2, -0.15) is 0 Å². The summed E-state index contributed by atoms with van der Waals surface area (Å²) < 4.78 is 12.1. The Hall–Kier alpha value is -2.95. The summed E-state index contributed by atoms with van der Waals surface area (Å²) >= 11 is 0. The zero-order valence-electron chi connectivity index (χ0n) is 13.1. The Labute approximate surface area is 134 Å². The van der Waals surface area contributed by atoms with E-state index in [2.05, 4.69) is 5.32 Å². The van der Waals surface area contributed by atoms with Gasteiger partial charge in [-0.3, -0.25) is 4.57 Å². The van der Waals surface area contributed by atoms with Crippen LogP contribution in [0.25, 0.3) is 10.9 Å². The first-order chi connectivity index (χ1) is 11.2. The topological polar surface area (TPSA) is 52.5 Å². The zero-order valence-corrected chi connectivity index (χ0v) is 13.1. The van der Waals surface area contributed by atoms with Gasteiger partial charge in [0.05, 0.1) is 19.7 Å². The molecule has 0 aliphatic carbocycles. The molecule has 0 spiro atoms. The molecule has 2 aromatic carbocycles. The van der Waals surface area contributed by atoms with E-state index in [-0.39, 0.29) is 6.03 Å². The number of ether oxygens (including phenoxy) is 2. The van der Waals surface area contributed by atoms with Gasteiger partial charge in [0.1, 0.15) is 0 Å². The molecule has 3 aromatic rings. The number of hydrogen-bond acceptors (Lipinski definition) is 3. The van der Waals surface area contributed by atoms with E-state index in [1.165, 1.54) is 0 Å². The van der Waals surface area contributed by atoms with Crippen molar-refractivity contribution in [2.75, 3.05) is 14.2 Å². The van der Waals surface area contributed by atoms with Gasteiger partial charge in [-0.1, -0.05) is 24.3 Å². The molecule has 1 N–H and O–H groups in total. The van der Waals surface area contributed by atoms with Crippen LogP contribution in [0, 0.1) is 0 Å². The van der Waals surface area contributed by atoms with Crippen LogP contribution in [0.2, 0.25) is 0 Å². The number of nitrogens with one attached hydrogen (secondary N) is 1. The minimum atomic E-state index is -0.166. The van der Waals surface area contributed by atoms with Gasteiger partial charge in [0.15, 0.2) is 11.5 Å². The monoisotopic (exact) mass is 310 g/mol. The Morgan fingerprint density at radius 3 is 2.61 bits per heavy atom. The third-order valence-electron chi connectivity index (χ3n) is 3.71. The third kappa shape index (κ3) is 2.99. The lowest BCUT2D eigenvalue weighted by Gasteiger charge is -2.11. The molecular weight excluding hydrogens is 292 g/mol. The van der Waals surface area contributed by atoms with E-state index in [1.807, 2.05) is 48.5 Å². The molecule has 0 aliphatic heterocycles. The summed E-state index contributed by atoms with van der Waals surface area (Å²) in [6, 6.07) is 15.1. The molecule has 118 valence electrons. The summed E-state index contributed by atoms with van der Waals surface area (Å²) in [5, 5.41) is 3.95. The van der Waals surface area contributed by atoms with E-state index in [9.17, 15) is 4.79 Å². The van der Waals surface area contributed by atoms with Crippen LogP contribution in [0.15, 0.2) is 54.7 Å². The summed E-state index contributed by atoms with van der Waals surface area (Å²) in [4.78, 5) is 12.4. The van der Waals surface area contributed by atoms with E-state index in [4.69, 9.17) is 9.47 Å². The Bertz CT molecular complexity index is 839. The number of aromatic nitrogens is 1. The second kappa shape index (κ2) is 6.44. The van der Waals surface area contributed by atoms with Gasteiger partial charge in [-0.25, -0.2) is 4.79 Å². The number of methoxy groups -OCH3 is 2. The fourth-order valence-electron chi connectivity index (χ4n) is 2.51. The van der Waals surface area contributed by atoms with Crippen molar-refractivity contribution in [2.24, 2.45) is 0 Å². The lowest BCUT2D eigenvalue weighted by molar-refractivity contribution is 0.243. The standard InChI is InChI=1S/C18H18N2O3/c1-22-16-8-7-13(11-17(16)23-2)12-19-18(21)20-10-9-14-5-3-4-6-15(14)20/h3-11H,12H2,1-2H3,(H,19,21). The average molecular weight is 310 g/mol. The number of carbonyl (C=O) groups excluding carboxylic acids is 1. The van der Waals surface area contributed by atoms with Gasteiger partial charge >= 0.3 is 6.03 Å². The van der Waals surface area contributed by atoms with Crippen molar-refractivity contribution in [3.63, 3.8) is 0 Å². The molecule has 5 nitrogen and oxygen atoms in total. The van der Waals surface area contributed by atoms with E-state index >= 15 is 0 Å². The van der Waals surface area contributed by atoms with Crippen LogP contribution in [0.3, 0.4) is 0 Å². The molecule has 3 rings (SSSR count). The SMILES string of the molecule is COc1ccc(CNC(=O)n2ccc3ccccc32)cc1OC. The molecule has 0 saturated heterocycles. The molecule has 5 heteroatoms. The fraction of sp³-hybridized carbons (Fsp3) is 0.167. The largest absolute Gasteiger partial charge is 0.493 e. The third-order valence-corrected chi connectivity index (χ3v) is 3.71. The highest BCUT2D eigenvalue weighted by Crippen LogP contribution is 2.27. The van der Waals surface area contributed by atoms with Crippen LogP contribution in [-0.2, 0) is 6.54 Å². The van der Waals surface area contributed by atoms with Crippen LogP contribution in [0.1, 0.15) is 5.56 Å². The minimum absolute atomic E-state index is 0.166. The molecule has 0 radical (unpaired) electrons. The average Bonchev–Trinajstić information content (AvgIpc) is 3.03. The maximum atomic E-state index is 12.4. The highest BCUT2D eigenvalue weighted by atomic mass is 16.5. The Morgan fingerprint density at radius 1 is 1.04 bits per heavy atom. The molecule has 0 aliphatic rings. The van der Waals surface area contributed by atoms with Crippen LogP contribution < -0.4 is 14.8 Å². The van der Waals surface area contributed by atoms with Crippen molar-refractivity contribution < 1.29 is 14.3 Å². The normalized spacial score (nSPS) is 10.5. The first kappa shape index (κ1) is 15.0. The number of fused-ring (bicyclic) bond motifs is 1. The van der Waals surface area contributed by atoms with E-state index in [0.717, 1.165) is 16.5 Å². The smallest absolute Gasteiger partial charge is 0.326 e. The Morgan fingerprint density at radius 2 is 1.83 bits per heavy atom. The summed E-state index contributed by atoms with van der Waals surface area (Å²) in [5.41, 5.74) is 1.82. The molecular formula is C18H18N2O3. The van der Waals surface area contributed by atoms with Crippen molar-refractivity contribution in [3.05, 3.63) is 60.3 Å². The van der Waals surface area contributed by atoms with Crippen molar-refractivity contribution in [2.45, 2.75) is 6.54 Å². The summed E-state index contributed by atoms with van der Waals surface area (Å²) in [7, 11) is 3.18. The fourth-order valence-corrected chi connectivity index (χ4v) is 2.51. The van der Waals surface area contributed by atoms with Crippen LogP contribution in [-0.4, -0.2) is 24.8 Å². The number of hydrogen-bond donors (Lipinski definition) is 1. The Kier molecular flexibility index (Phi) is 4.19. The van der Waals surface area contributed by atoms with Gasteiger partial charge in [0.25, 0.3) is 0 Å². The molecule has 1 heterocycles. The molecule has 23 heavy (non-hydrogen) atoms. The second-order valence-electron chi connectivity index (χ2n) is 5.09. The molecule has 0 bridgehead atoms. The van der Waals surface area contributed by atoms with Crippen molar-refractivity contribution in [3.8, 4) is 11.5 Å². The number of nitrogens with zero attached hydrogens (tertiary/aromatic N) is 1. The molecule has 1 amide bonds. The van der Waals surface area contributed by atoms with E-state index < -0.39 is 0 Å². The summed E-state index contributed by atoms with van der Waals surface area (Å²) in [6.07, 6.45) is 1.77. The van der Waals surface area contributed by atoms with Crippen molar-refractivity contribution >= 4 is 16.9 Å². The molecule has 0 unspecified atom stereocenters. The minimum Gasteiger partial charge on any atom is -0.493 e. The van der Waals surface area contributed by atoms with E-state index in [0.29, 0.717) is 18.0 Å². The zero-order chi connectivity index (χ0) is 16.2. The number of rotatable bonds is 4. The van der Waals surface area contributed by atoms with E-state index in [1.54, 1.807) is 25.0 Å². The van der Waals surface area contributed by atoms with Crippen LogP contribution in [0.5, 0.6) is 11.5 Å². The first-order valence-electron chi connectivity index (χ1n) is 7.28. The lowest BCUT2D eigenvalue weighted by Crippen LogP contribution is -2.27. The van der Waals surface area contributed by atoms with Gasteiger partial charge in [-0.15, -0.1) is 0 Å². The first-order valence-corrected chi connectivity index (χ1v) is 7.28. The molecule has 0 saturated carbocycles.